The molecular formula is C14H24O. The van der Waals surface area contributed by atoms with Gasteiger partial charge in [0.15, 0.2) is 0 Å². The predicted molar refractivity (Wildman–Crippen MR) is 63.9 cm³/mol. The van der Waals surface area contributed by atoms with E-state index in [1.807, 2.05) is 0 Å². The topological polar surface area (TPSA) is 9.23 Å². The lowest BCUT2D eigenvalue weighted by Crippen LogP contribution is -2.44. The molecule has 1 fully saturated rings. The van der Waals surface area contributed by atoms with Crippen molar-refractivity contribution in [2.24, 2.45) is 11.3 Å². The van der Waals surface area contributed by atoms with Gasteiger partial charge in [0.25, 0.3) is 0 Å². The lowest BCUT2D eigenvalue weighted by molar-refractivity contribution is -0.104. The summed E-state index contributed by atoms with van der Waals surface area (Å²) in [7, 11) is 0. The molecule has 1 aliphatic heterocycles. The zero-order chi connectivity index (χ0) is 10.9. The van der Waals surface area contributed by atoms with E-state index < -0.39 is 0 Å². The molecule has 0 bridgehead atoms. The molecule has 1 heterocycles. The van der Waals surface area contributed by atoms with E-state index >= 15 is 0 Å². The SMILES string of the molecule is C[C@H]1CC(C)(C)C[C@@]2(CCC=CCO2)C1. The maximum absolute atomic E-state index is 6.15. The van der Waals surface area contributed by atoms with E-state index in [9.17, 15) is 0 Å². The summed E-state index contributed by atoms with van der Waals surface area (Å²) in [5.74, 6) is 0.812. The summed E-state index contributed by atoms with van der Waals surface area (Å²) in [6.45, 7) is 7.99. The molecule has 1 spiro atoms. The Morgan fingerprint density at radius 1 is 1.20 bits per heavy atom. The third kappa shape index (κ3) is 2.63. The summed E-state index contributed by atoms with van der Waals surface area (Å²) < 4.78 is 6.15. The van der Waals surface area contributed by atoms with Gasteiger partial charge in [0.1, 0.15) is 0 Å². The maximum Gasteiger partial charge on any atom is 0.0697 e. The molecule has 0 radical (unpaired) electrons. The molecule has 1 saturated carbocycles. The summed E-state index contributed by atoms with van der Waals surface area (Å²) >= 11 is 0. The number of allylic oxidation sites excluding steroid dienone is 1. The third-order valence-electron chi connectivity index (χ3n) is 3.84. The van der Waals surface area contributed by atoms with Crippen molar-refractivity contribution in [1.29, 1.82) is 0 Å². The smallest absolute Gasteiger partial charge is 0.0697 e. The zero-order valence-electron chi connectivity index (χ0n) is 10.4. The van der Waals surface area contributed by atoms with Gasteiger partial charge in [-0.05, 0) is 43.4 Å². The Morgan fingerprint density at radius 3 is 2.73 bits per heavy atom. The molecule has 2 atom stereocenters. The van der Waals surface area contributed by atoms with Gasteiger partial charge in [0, 0.05) is 0 Å². The predicted octanol–water partition coefficient (Wildman–Crippen LogP) is 3.94. The van der Waals surface area contributed by atoms with Gasteiger partial charge in [-0.2, -0.15) is 0 Å². The Kier molecular flexibility index (Phi) is 2.94. The number of ether oxygens (including phenoxy) is 1. The largest absolute Gasteiger partial charge is 0.371 e. The highest BCUT2D eigenvalue weighted by Crippen LogP contribution is 2.48. The first-order valence-electron chi connectivity index (χ1n) is 6.30. The Bertz CT molecular complexity index is 242. The van der Waals surface area contributed by atoms with Crippen molar-refractivity contribution in [3.05, 3.63) is 12.2 Å². The van der Waals surface area contributed by atoms with Gasteiger partial charge < -0.3 is 4.74 Å². The second-order valence-electron chi connectivity index (χ2n) is 6.36. The summed E-state index contributed by atoms with van der Waals surface area (Å²) in [6, 6.07) is 0. The first-order chi connectivity index (χ1) is 7.02. The highest BCUT2D eigenvalue weighted by Gasteiger charge is 2.43. The van der Waals surface area contributed by atoms with Crippen LogP contribution in [0, 0.1) is 11.3 Å². The Morgan fingerprint density at radius 2 is 2.00 bits per heavy atom. The van der Waals surface area contributed by atoms with Crippen LogP contribution in [-0.2, 0) is 4.74 Å². The minimum Gasteiger partial charge on any atom is -0.371 e. The molecule has 15 heavy (non-hydrogen) atoms. The summed E-state index contributed by atoms with van der Waals surface area (Å²) in [5, 5.41) is 0. The number of hydrogen-bond donors (Lipinski definition) is 0. The van der Waals surface area contributed by atoms with Crippen LogP contribution in [0.5, 0.6) is 0 Å². The first-order valence-corrected chi connectivity index (χ1v) is 6.30. The average molecular weight is 208 g/mol. The van der Waals surface area contributed by atoms with Crippen molar-refractivity contribution in [2.45, 2.75) is 58.5 Å². The molecule has 0 unspecified atom stereocenters. The second-order valence-corrected chi connectivity index (χ2v) is 6.36. The molecule has 0 amide bonds. The van der Waals surface area contributed by atoms with Gasteiger partial charge in [-0.3, -0.25) is 0 Å². The van der Waals surface area contributed by atoms with Crippen LogP contribution in [0.15, 0.2) is 12.2 Å². The van der Waals surface area contributed by atoms with E-state index in [0.29, 0.717) is 5.41 Å². The lowest BCUT2D eigenvalue weighted by Gasteiger charge is -2.47. The average Bonchev–Trinajstić information content (AvgIpc) is 2.26. The van der Waals surface area contributed by atoms with Crippen molar-refractivity contribution < 1.29 is 4.74 Å². The second kappa shape index (κ2) is 3.93. The minimum absolute atomic E-state index is 0.185. The van der Waals surface area contributed by atoms with Crippen LogP contribution in [0.4, 0.5) is 0 Å². The number of rotatable bonds is 0. The fourth-order valence-corrected chi connectivity index (χ4v) is 3.80. The van der Waals surface area contributed by atoms with Crippen molar-refractivity contribution in [3.8, 4) is 0 Å². The van der Waals surface area contributed by atoms with Gasteiger partial charge in [-0.1, -0.05) is 32.9 Å². The van der Waals surface area contributed by atoms with Crippen molar-refractivity contribution in [2.75, 3.05) is 6.61 Å². The van der Waals surface area contributed by atoms with Crippen LogP contribution < -0.4 is 0 Å². The van der Waals surface area contributed by atoms with E-state index in [4.69, 9.17) is 4.74 Å². The quantitative estimate of drug-likeness (QED) is 0.548. The van der Waals surface area contributed by atoms with Gasteiger partial charge >= 0.3 is 0 Å². The van der Waals surface area contributed by atoms with E-state index in [1.165, 1.54) is 32.1 Å². The highest BCUT2D eigenvalue weighted by atomic mass is 16.5. The Balaban J connectivity index is 2.12. The molecule has 0 saturated heterocycles. The fraction of sp³-hybridized carbons (Fsp3) is 0.857. The normalized spacial score (nSPS) is 40.3. The van der Waals surface area contributed by atoms with Crippen molar-refractivity contribution in [1.82, 2.24) is 0 Å². The van der Waals surface area contributed by atoms with Crippen LogP contribution in [-0.4, -0.2) is 12.2 Å². The van der Waals surface area contributed by atoms with E-state index in [-0.39, 0.29) is 5.60 Å². The van der Waals surface area contributed by atoms with Crippen molar-refractivity contribution in [3.63, 3.8) is 0 Å². The van der Waals surface area contributed by atoms with Gasteiger partial charge in [0.05, 0.1) is 12.2 Å². The lowest BCUT2D eigenvalue weighted by atomic mass is 9.64. The van der Waals surface area contributed by atoms with Crippen LogP contribution in [0.3, 0.4) is 0 Å². The maximum atomic E-state index is 6.15. The molecule has 86 valence electrons. The van der Waals surface area contributed by atoms with E-state index in [1.54, 1.807) is 0 Å². The Labute approximate surface area is 93.9 Å². The summed E-state index contributed by atoms with van der Waals surface area (Å²) in [5.41, 5.74) is 0.646. The van der Waals surface area contributed by atoms with E-state index in [2.05, 4.69) is 32.9 Å². The van der Waals surface area contributed by atoms with E-state index in [0.717, 1.165) is 12.5 Å². The highest BCUT2D eigenvalue weighted by molar-refractivity contribution is 4.99. The van der Waals surface area contributed by atoms with Crippen LogP contribution in [0.2, 0.25) is 0 Å². The molecule has 0 aromatic carbocycles. The molecule has 1 aliphatic carbocycles. The third-order valence-corrected chi connectivity index (χ3v) is 3.84. The van der Waals surface area contributed by atoms with Gasteiger partial charge in [-0.15, -0.1) is 0 Å². The standard InChI is InChI=1S/C14H24O/c1-12-9-13(2,3)11-14(10-12)7-5-4-6-8-15-14/h4,6,12H,5,7-11H2,1-3H3/t12-,14+/m0/s1. The zero-order valence-corrected chi connectivity index (χ0v) is 10.4. The van der Waals surface area contributed by atoms with Crippen LogP contribution in [0.25, 0.3) is 0 Å². The van der Waals surface area contributed by atoms with Crippen LogP contribution >= 0.6 is 0 Å². The molecule has 0 N–H and O–H groups in total. The monoisotopic (exact) mass is 208 g/mol. The molecule has 2 rings (SSSR count). The first kappa shape index (κ1) is 11.2. The molecule has 0 aromatic heterocycles. The van der Waals surface area contributed by atoms with Crippen molar-refractivity contribution >= 4 is 0 Å². The number of hydrogen-bond acceptors (Lipinski definition) is 1. The van der Waals surface area contributed by atoms with Gasteiger partial charge in [0.2, 0.25) is 0 Å². The molecule has 1 heteroatoms. The Hall–Kier alpha value is -0.300. The molecule has 2 aliphatic rings. The molecule has 0 aromatic rings. The summed E-state index contributed by atoms with van der Waals surface area (Å²) in [4.78, 5) is 0. The minimum atomic E-state index is 0.185. The fourth-order valence-electron chi connectivity index (χ4n) is 3.80. The van der Waals surface area contributed by atoms with Crippen LogP contribution in [0.1, 0.15) is 52.9 Å². The van der Waals surface area contributed by atoms with Gasteiger partial charge in [-0.25, -0.2) is 0 Å². The summed E-state index contributed by atoms with van der Waals surface area (Å²) in [6.07, 6.45) is 10.7. The molecule has 1 nitrogen and oxygen atoms in total. The molecular weight excluding hydrogens is 184 g/mol.